The fraction of sp³-hybridized carbons (Fsp3) is 0.333. The van der Waals surface area contributed by atoms with Gasteiger partial charge < -0.3 is 15.1 Å². The maximum absolute atomic E-state index is 12.4. The summed E-state index contributed by atoms with van der Waals surface area (Å²) >= 11 is 0. The third-order valence-corrected chi connectivity index (χ3v) is 3.65. The summed E-state index contributed by atoms with van der Waals surface area (Å²) in [4.78, 5) is 18.5. The Bertz CT molecular complexity index is 600. The lowest BCUT2D eigenvalue weighted by atomic mass is 10.2. The summed E-state index contributed by atoms with van der Waals surface area (Å²) in [6.45, 7) is 1.24. The average molecular weight is 308 g/mol. The normalized spacial score (nSPS) is 17.6. The Balaban J connectivity index is 0.00000161. The van der Waals surface area contributed by atoms with E-state index in [0.717, 1.165) is 24.9 Å². The van der Waals surface area contributed by atoms with Crippen LogP contribution in [-0.4, -0.2) is 34.9 Å². The molecule has 2 N–H and O–H groups in total. The van der Waals surface area contributed by atoms with Gasteiger partial charge in [-0.15, -0.1) is 12.4 Å². The van der Waals surface area contributed by atoms with E-state index < -0.39 is 0 Å². The van der Waals surface area contributed by atoms with Crippen LogP contribution in [0.3, 0.4) is 0 Å². The van der Waals surface area contributed by atoms with Crippen LogP contribution in [0.5, 0.6) is 0 Å². The van der Waals surface area contributed by atoms with Gasteiger partial charge in [-0.25, -0.2) is 4.98 Å². The molecule has 1 aromatic heterocycles. The van der Waals surface area contributed by atoms with Gasteiger partial charge in [0.2, 0.25) is 5.89 Å². The summed E-state index contributed by atoms with van der Waals surface area (Å²) in [6, 6.07) is 9.67. The van der Waals surface area contributed by atoms with Crippen molar-refractivity contribution in [2.75, 3.05) is 13.1 Å². The first-order valence-corrected chi connectivity index (χ1v) is 6.81. The minimum absolute atomic E-state index is 0. The lowest BCUT2D eigenvalue weighted by Gasteiger charge is -2.22. The van der Waals surface area contributed by atoms with E-state index in [1.54, 1.807) is 4.90 Å². The van der Waals surface area contributed by atoms with Crippen LogP contribution in [0.2, 0.25) is 0 Å². The topological polar surface area (TPSA) is 72.4 Å². The summed E-state index contributed by atoms with van der Waals surface area (Å²) in [7, 11) is 0. The molecule has 0 aliphatic carbocycles. The van der Waals surface area contributed by atoms with Gasteiger partial charge in [0.05, 0.1) is 0 Å². The number of nitrogens with two attached hydrogens (primary N) is 1. The van der Waals surface area contributed by atoms with Gasteiger partial charge in [-0.05, 0) is 25.0 Å². The fourth-order valence-corrected chi connectivity index (χ4v) is 2.58. The van der Waals surface area contributed by atoms with Gasteiger partial charge in [-0.3, -0.25) is 4.79 Å². The molecule has 3 rings (SSSR count). The van der Waals surface area contributed by atoms with Crippen molar-refractivity contribution in [3.63, 3.8) is 0 Å². The van der Waals surface area contributed by atoms with Gasteiger partial charge in [0, 0.05) is 24.7 Å². The third kappa shape index (κ3) is 3.09. The first kappa shape index (κ1) is 15.5. The zero-order valence-corrected chi connectivity index (χ0v) is 12.4. The maximum atomic E-state index is 12.4. The van der Waals surface area contributed by atoms with Gasteiger partial charge in [-0.1, -0.05) is 18.2 Å². The molecule has 112 valence electrons. The van der Waals surface area contributed by atoms with Gasteiger partial charge in [0.25, 0.3) is 5.91 Å². The highest BCUT2D eigenvalue weighted by Gasteiger charge is 2.30. The molecule has 2 aromatic rings. The molecule has 5 nitrogen and oxygen atoms in total. The second kappa shape index (κ2) is 6.74. The Hall–Kier alpha value is -1.85. The molecule has 21 heavy (non-hydrogen) atoms. The van der Waals surface area contributed by atoms with E-state index in [0.29, 0.717) is 18.1 Å². The summed E-state index contributed by atoms with van der Waals surface area (Å²) in [6.07, 6.45) is 3.39. The van der Waals surface area contributed by atoms with E-state index >= 15 is 0 Å². The lowest BCUT2D eigenvalue weighted by molar-refractivity contribution is 0.0735. The number of rotatable bonds is 3. The molecular weight excluding hydrogens is 290 g/mol. The van der Waals surface area contributed by atoms with Crippen LogP contribution in [0.15, 0.2) is 41.0 Å². The highest BCUT2D eigenvalue weighted by atomic mass is 35.5. The van der Waals surface area contributed by atoms with Crippen molar-refractivity contribution in [1.82, 2.24) is 9.88 Å². The van der Waals surface area contributed by atoms with Crippen LogP contribution in [-0.2, 0) is 0 Å². The van der Waals surface area contributed by atoms with E-state index in [-0.39, 0.29) is 24.4 Å². The van der Waals surface area contributed by atoms with Crippen LogP contribution in [0.1, 0.15) is 23.3 Å². The van der Waals surface area contributed by atoms with Crippen molar-refractivity contribution in [2.24, 2.45) is 5.73 Å². The fourth-order valence-electron chi connectivity index (χ4n) is 2.58. The van der Waals surface area contributed by atoms with Crippen LogP contribution >= 0.6 is 12.4 Å². The van der Waals surface area contributed by atoms with Crippen LogP contribution in [0, 0.1) is 0 Å². The van der Waals surface area contributed by atoms with Gasteiger partial charge in [-0.2, -0.15) is 0 Å². The molecule has 1 unspecified atom stereocenters. The van der Waals surface area contributed by atoms with E-state index in [1.807, 2.05) is 30.3 Å². The number of carbonyl (C=O) groups excluding carboxylic acids is 1. The van der Waals surface area contributed by atoms with E-state index in [2.05, 4.69) is 4.98 Å². The second-order valence-electron chi connectivity index (χ2n) is 4.93. The summed E-state index contributed by atoms with van der Waals surface area (Å²) < 4.78 is 5.41. The number of oxazole rings is 1. The van der Waals surface area contributed by atoms with E-state index in [9.17, 15) is 4.79 Å². The minimum atomic E-state index is -0.0936. The molecule has 1 atom stereocenters. The van der Waals surface area contributed by atoms with E-state index in [1.165, 1.54) is 6.26 Å². The monoisotopic (exact) mass is 307 g/mol. The van der Waals surface area contributed by atoms with Crippen molar-refractivity contribution in [3.8, 4) is 11.5 Å². The number of amides is 1. The molecule has 1 fully saturated rings. The Morgan fingerprint density at radius 2 is 2.14 bits per heavy atom. The van der Waals surface area contributed by atoms with Gasteiger partial charge in [0.15, 0.2) is 5.69 Å². The number of benzene rings is 1. The largest absolute Gasteiger partial charge is 0.444 e. The molecule has 0 bridgehead atoms. The molecule has 1 aliphatic heterocycles. The van der Waals surface area contributed by atoms with Gasteiger partial charge in [0.1, 0.15) is 6.26 Å². The van der Waals surface area contributed by atoms with Crippen molar-refractivity contribution in [1.29, 1.82) is 0 Å². The Morgan fingerprint density at radius 3 is 2.86 bits per heavy atom. The average Bonchev–Trinajstić information content (AvgIpc) is 3.16. The Kier molecular flexibility index (Phi) is 4.98. The predicted molar refractivity (Wildman–Crippen MR) is 82.3 cm³/mol. The predicted octanol–water partition coefficient (Wildman–Crippen LogP) is 2.33. The minimum Gasteiger partial charge on any atom is -0.444 e. The van der Waals surface area contributed by atoms with Gasteiger partial charge >= 0.3 is 0 Å². The highest BCUT2D eigenvalue weighted by Crippen LogP contribution is 2.22. The number of aromatic nitrogens is 1. The lowest BCUT2D eigenvalue weighted by Crippen LogP contribution is -2.40. The second-order valence-corrected chi connectivity index (χ2v) is 4.93. The molecule has 1 amide bonds. The zero-order chi connectivity index (χ0) is 13.9. The summed E-state index contributed by atoms with van der Waals surface area (Å²) in [5.74, 6) is 0.376. The number of likely N-dealkylation sites (tertiary alicyclic amines) is 1. The molecule has 0 spiro atoms. The third-order valence-electron chi connectivity index (χ3n) is 3.65. The number of halogens is 1. The number of hydrogen-bond donors (Lipinski definition) is 1. The zero-order valence-electron chi connectivity index (χ0n) is 11.6. The molecule has 2 heterocycles. The van der Waals surface area contributed by atoms with Crippen molar-refractivity contribution >= 4 is 18.3 Å². The number of hydrogen-bond acceptors (Lipinski definition) is 4. The molecule has 1 aromatic carbocycles. The summed E-state index contributed by atoms with van der Waals surface area (Å²) in [5.41, 5.74) is 6.91. The van der Waals surface area contributed by atoms with Crippen LogP contribution in [0.25, 0.3) is 11.5 Å². The molecular formula is C15H18ClN3O2. The smallest absolute Gasteiger partial charge is 0.276 e. The van der Waals surface area contributed by atoms with Crippen LogP contribution in [0.4, 0.5) is 0 Å². The van der Waals surface area contributed by atoms with Crippen LogP contribution < -0.4 is 5.73 Å². The first-order chi connectivity index (χ1) is 9.79. The quantitative estimate of drug-likeness (QED) is 0.944. The highest BCUT2D eigenvalue weighted by molar-refractivity contribution is 5.92. The SMILES string of the molecule is Cl.NCC1CCCN1C(=O)c1coc(-c2ccccc2)n1. The molecule has 1 aliphatic rings. The molecule has 1 saturated heterocycles. The summed E-state index contributed by atoms with van der Waals surface area (Å²) in [5, 5.41) is 0. The Morgan fingerprint density at radius 1 is 1.38 bits per heavy atom. The van der Waals surface area contributed by atoms with Crippen molar-refractivity contribution < 1.29 is 9.21 Å². The standard InChI is InChI=1S/C15H17N3O2.ClH/c16-9-12-7-4-8-18(12)15(19)13-10-20-14(17-13)11-5-2-1-3-6-11;/h1-3,5-6,10,12H,4,7-9,16H2;1H. The molecule has 6 heteroatoms. The van der Waals surface area contributed by atoms with E-state index in [4.69, 9.17) is 10.2 Å². The maximum Gasteiger partial charge on any atom is 0.276 e. The number of carbonyl (C=O) groups is 1. The van der Waals surface area contributed by atoms with Crippen molar-refractivity contribution in [2.45, 2.75) is 18.9 Å². The number of nitrogens with zero attached hydrogens (tertiary/aromatic N) is 2. The first-order valence-electron chi connectivity index (χ1n) is 6.81. The molecule has 0 saturated carbocycles. The van der Waals surface area contributed by atoms with Crippen molar-refractivity contribution in [3.05, 3.63) is 42.3 Å². The molecule has 0 radical (unpaired) electrons. The Labute approximate surface area is 129 Å².